The molecule has 6 heteroatoms. The third kappa shape index (κ3) is 1.70. The zero-order valence-electron chi connectivity index (χ0n) is 13.3. The molecule has 8 rings (SSSR count). The van der Waals surface area contributed by atoms with Gasteiger partial charge in [0.05, 0.1) is 22.4 Å². The topological polar surface area (TPSA) is 25.8 Å². The van der Waals surface area contributed by atoms with Gasteiger partial charge in [-0.3, -0.25) is 0 Å². The average molecular weight is 600 g/mol. The zero-order chi connectivity index (χ0) is 17.8. The molecule has 1 aromatic carbocycles. The first-order chi connectivity index (χ1) is 12.5. The molecule has 2 aromatic rings. The fourth-order valence-electron chi connectivity index (χ4n) is 5.27. The van der Waals surface area contributed by atoms with Crippen LogP contribution < -0.4 is 0 Å². The fraction of sp³-hybridized carbons (Fsp3) is 0.300. The second-order valence-electron chi connectivity index (χ2n) is 7.44. The minimum absolute atomic E-state index is 0.375. The monoisotopic (exact) mass is 596 g/mol. The van der Waals surface area contributed by atoms with Crippen LogP contribution in [0.2, 0.25) is 0 Å². The number of para-hydroxylation sites is 2. The molecule has 0 fully saturated rings. The van der Waals surface area contributed by atoms with E-state index in [4.69, 9.17) is 9.97 Å². The summed E-state index contributed by atoms with van der Waals surface area (Å²) in [7, 11) is 0. The smallest absolute Gasteiger partial charge is 0.106 e. The molecule has 0 amide bonds. The molecular weight excluding hydrogens is 588 g/mol. The van der Waals surface area contributed by atoms with Crippen LogP contribution in [0.4, 0.5) is 0 Å². The van der Waals surface area contributed by atoms with Gasteiger partial charge < -0.3 is 0 Å². The Bertz CT molecular complexity index is 994. The van der Waals surface area contributed by atoms with Gasteiger partial charge in [-0.2, -0.15) is 0 Å². The van der Waals surface area contributed by atoms with Crippen LogP contribution in [-0.2, 0) is 8.65 Å². The summed E-state index contributed by atoms with van der Waals surface area (Å²) in [6.07, 6.45) is 9.42. The van der Waals surface area contributed by atoms with Crippen molar-refractivity contribution >= 4 is 74.8 Å². The predicted molar refractivity (Wildman–Crippen MR) is 118 cm³/mol. The molecule has 0 N–H and O–H groups in total. The maximum Gasteiger partial charge on any atom is 0.106 e. The Kier molecular flexibility index (Phi) is 3.32. The van der Waals surface area contributed by atoms with E-state index in [1.807, 2.05) is 24.3 Å². The second-order valence-corrected chi connectivity index (χ2v) is 11.5. The van der Waals surface area contributed by atoms with E-state index >= 15 is 0 Å². The van der Waals surface area contributed by atoms with E-state index in [2.05, 4.69) is 88.0 Å². The number of rotatable bonds is 0. The largest absolute Gasteiger partial charge is 0.247 e. The molecule has 6 aliphatic carbocycles. The molecule has 0 saturated heterocycles. The number of nitrogens with zero attached hydrogens (tertiary/aromatic N) is 2. The molecule has 6 aliphatic rings. The van der Waals surface area contributed by atoms with Gasteiger partial charge in [-0.25, -0.2) is 9.97 Å². The molecule has 1 heterocycles. The Balaban J connectivity index is 1.76. The summed E-state index contributed by atoms with van der Waals surface area (Å²) in [5, 5.41) is 0. The zero-order valence-corrected chi connectivity index (χ0v) is 19.7. The van der Waals surface area contributed by atoms with Crippen molar-refractivity contribution in [1.29, 1.82) is 0 Å². The molecule has 0 spiro atoms. The van der Waals surface area contributed by atoms with E-state index in [0.717, 1.165) is 31.4 Å². The van der Waals surface area contributed by atoms with Gasteiger partial charge in [0.25, 0.3) is 0 Å². The number of allylic oxidation sites excluding steroid dienone is 6. The summed E-state index contributed by atoms with van der Waals surface area (Å²) in [6, 6.07) is 8.12. The molecule has 0 radical (unpaired) electrons. The normalized spacial score (nSPS) is 41.7. The first-order valence-corrected chi connectivity index (χ1v) is 11.7. The van der Waals surface area contributed by atoms with Gasteiger partial charge in [-0.1, -0.05) is 100 Å². The molecule has 0 saturated carbocycles. The Morgan fingerprint density at radius 2 is 1.08 bits per heavy atom. The third-order valence-electron chi connectivity index (χ3n) is 6.34. The van der Waals surface area contributed by atoms with E-state index in [1.54, 1.807) is 0 Å². The van der Waals surface area contributed by atoms with Crippen molar-refractivity contribution in [2.24, 2.45) is 23.7 Å². The standard InChI is InChI=1S/C20H12Br4N2/c21-15-16(22)20(24)14-10-7-5-9(6-8-10)13(14)19(15,23)17-18(20)26-12-4-2-1-3-11(12)25-17/h1-10,13-14H/t9?,10?,13-,14+,19-,20+. The highest BCUT2D eigenvalue weighted by Gasteiger charge is 2.69. The second kappa shape index (κ2) is 5.19. The Hall–Kier alpha value is -0.300. The number of alkyl halides is 2. The highest BCUT2D eigenvalue weighted by Crippen LogP contribution is 2.74. The number of aromatic nitrogens is 2. The van der Waals surface area contributed by atoms with E-state index in [0.29, 0.717) is 23.7 Å². The highest BCUT2D eigenvalue weighted by atomic mass is 79.9. The summed E-state index contributed by atoms with van der Waals surface area (Å²) in [4.78, 5) is 10.2. The van der Waals surface area contributed by atoms with Gasteiger partial charge in [0.2, 0.25) is 0 Å². The third-order valence-corrected chi connectivity index (χ3v) is 12.6. The lowest BCUT2D eigenvalue weighted by molar-refractivity contribution is 0.126. The number of fused-ring (bicyclic) bond motifs is 1. The minimum Gasteiger partial charge on any atom is -0.247 e. The quantitative estimate of drug-likeness (QED) is 0.257. The Labute approximate surface area is 184 Å². The molecule has 0 aliphatic heterocycles. The van der Waals surface area contributed by atoms with Crippen LogP contribution >= 0.6 is 63.7 Å². The number of hydrogen-bond acceptors (Lipinski definition) is 2. The Morgan fingerprint density at radius 3 is 1.46 bits per heavy atom. The van der Waals surface area contributed by atoms with Crippen LogP contribution in [0, 0.1) is 23.7 Å². The average Bonchev–Trinajstić information content (AvgIpc) is 2.69. The van der Waals surface area contributed by atoms with Crippen molar-refractivity contribution in [3.63, 3.8) is 0 Å². The first kappa shape index (κ1) is 16.6. The molecule has 4 bridgehead atoms. The van der Waals surface area contributed by atoms with Gasteiger partial charge in [-0.15, -0.1) is 0 Å². The number of benzene rings is 1. The minimum atomic E-state index is -0.378. The van der Waals surface area contributed by atoms with Crippen LogP contribution in [0.25, 0.3) is 11.0 Å². The summed E-state index contributed by atoms with van der Waals surface area (Å²) < 4.78 is 1.48. The summed E-state index contributed by atoms with van der Waals surface area (Å²) in [5.41, 5.74) is 3.93. The van der Waals surface area contributed by atoms with Gasteiger partial charge >= 0.3 is 0 Å². The SMILES string of the molecule is BrC1=C(Br)[C@]2(Br)c3nc4ccccc4nc3[C@@]1(Br)[C@@H]1C3C=CC(C=C3)[C@@H]12. The lowest BCUT2D eigenvalue weighted by Crippen LogP contribution is -2.60. The van der Waals surface area contributed by atoms with Crippen molar-refractivity contribution in [2.75, 3.05) is 0 Å². The summed E-state index contributed by atoms with van der Waals surface area (Å²) in [5.74, 6) is 1.52. The van der Waals surface area contributed by atoms with Crippen LogP contribution in [0.5, 0.6) is 0 Å². The Morgan fingerprint density at radius 1 is 0.692 bits per heavy atom. The van der Waals surface area contributed by atoms with E-state index in [1.165, 1.54) is 0 Å². The lowest BCUT2D eigenvalue weighted by Gasteiger charge is -2.62. The van der Waals surface area contributed by atoms with Gasteiger partial charge in [0, 0.05) is 20.8 Å². The van der Waals surface area contributed by atoms with Gasteiger partial charge in [0.15, 0.2) is 0 Å². The van der Waals surface area contributed by atoms with E-state index < -0.39 is 0 Å². The van der Waals surface area contributed by atoms with Crippen molar-refractivity contribution in [2.45, 2.75) is 8.65 Å². The number of halogens is 4. The molecule has 130 valence electrons. The molecule has 4 atom stereocenters. The first-order valence-electron chi connectivity index (χ1n) is 8.56. The maximum atomic E-state index is 5.10. The lowest BCUT2D eigenvalue weighted by atomic mass is 9.51. The van der Waals surface area contributed by atoms with Gasteiger partial charge in [-0.05, 0) is 24.0 Å². The molecule has 26 heavy (non-hydrogen) atoms. The highest BCUT2D eigenvalue weighted by molar-refractivity contribution is 9.16. The van der Waals surface area contributed by atoms with Crippen LogP contribution in [-0.4, -0.2) is 9.97 Å². The summed E-state index contributed by atoms with van der Waals surface area (Å²) >= 11 is 16.1. The molecular formula is C20H12Br4N2. The summed E-state index contributed by atoms with van der Waals surface area (Å²) in [6.45, 7) is 0. The van der Waals surface area contributed by atoms with Crippen molar-refractivity contribution in [1.82, 2.24) is 9.97 Å². The predicted octanol–water partition coefficient (Wildman–Crippen LogP) is 6.44. The van der Waals surface area contributed by atoms with Crippen LogP contribution in [0.15, 0.2) is 57.5 Å². The molecule has 1 aromatic heterocycles. The van der Waals surface area contributed by atoms with Crippen molar-refractivity contribution < 1.29 is 0 Å². The van der Waals surface area contributed by atoms with E-state index in [-0.39, 0.29) is 8.65 Å². The maximum absolute atomic E-state index is 5.10. The van der Waals surface area contributed by atoms with Crippen LogP contribution in [0.3, 0.4) is 0 Å². The van der Waals surface area contributed by atoms with Gasteiger partial charge in [0.1, 0.15) is 8.65 Å². The van der Waals surface area contributed by atoms with E-state index in [9.17, 15) is 0 Å². The van der Waals surface area contributed by atoms with Crippen molar-refractivity contribution in [3.8, 4) is 0 Å². The fourth-order valence-corrected chi connectivity index (χ4v) is 9.46. The molecule has 0 unspecified atom stereocenters. The van der Waals surface area contributed by atoms with Crippen LogP contribution in [0.1, 0.15) is 11.4 Å². The molecule has 2 nitrogen and oxygen atoms in total. The van der Waals surface area contributed by atoms with Crippen molar-refractivity contribution in [3.05, 3.63) is 68.9 Å². The number of hydrogen-bond donors (Lipinski definition) is 0.